The van der Waals surface area contributed by atoms with Crippen LogP contribution in [0, 0.1) is 0 Å². The molecule has 0 spiro atoms. The standard InChI is InChI=1S/C28H33N3O3/c1-3-21(2)30-28(33)23-11-13-25(14-12-23)31-27(32)20-29-24-15-17-26(18-16-24)34-19-7-10-22-8-5-4-6-9-22/h4-6,8-9,11-18,21,29H,3,7,10,19-20H2,1-2H3,(H,30,33)(H,31,32). The van der Waals surface area contributed by atoms with E-state index in [2.05, 4.69) is 28.1 Å². The minimum Gasteiger partial charge on any atom is -0.494 e. The number of nitrogens with one attached hydrogen (secondary N) is 3. The molecule has 0 saturated heterocycles. The molecule has 0 saturated carbocycles. The lowest BCUT2D eigenvalue weighted by atomic mass is 10.1. The molecule has 0 aliphatic heterocycles. The predicted molar refractivity (Wildman–Crippen MR) is 137 cm³/mol. The summed E-state index contributed by atoms with van der Waals surface area (Å²) in [5, 5.41) is 8.86. The second-order valence-electron chi connectivity index (χ2n) is 8.22. The lowest BCUT2D eigenvalue weighted by Crippen LogP contribution is -2.31. The molecule has 0 aromatic heterocycles. The second-order valence-corrected chi connectivity index (χ2v) is 8.22. The van der Waals surface area contributed by atoms with Crippen LogP contribution in [-0.4, -0.2) is 31.0 Å². The number of ether oxygens (including phenoxy) is 1. The molecule has 34 heavy (non-hydrogen) atoms. The first-order valence-corrected chi connectivity index (χ1v) is 11.7. The molecular weight excluding hydrogens is 426 g/mol. The summed E-state index contributed by atoms with van der Waals surface area (Å²) in [6.45, 7) is 4.77. The lowest BCUT2D eigenvalue weighted by molar-refractivity contribution is -0.114. The maximum Gasteiger partial charge on any atom is 0.251 e. The highest BCUT2D eigenvalue weighted by Gasteiger charge is 2.09. The molecule has 3 N–H and O–H groups in total. The number of benzene rings is 3. The fourth-order valence-electron chi connectivity index (χ4n) is 3.28. The SMILES string of the molecule is CCC(C)NC(=O)c1ccc(NC(=O)CNc2ccc(OCCCc3ccccc3)cc2)cc1. The van der Waals surface area contributed by atoms with E-state index in [1.54, 1.807) is 24.3 Å². The van der Waals surface area contributed by atoms with Crippen LogP contribution in [0.15, 0.2) is 78.9 Å². The maximum atomic E-state index is 12.3. The highest BCUT2D eigenvalue weighted by atomic mass is 16.5. The van der Waals surface area contributed by atoms with Crippen molar-refractivity contribution >= 4 is 23.2 Å². The summed E-state index contributed by atoms with van der Waals surface area (Å²) in [6.07, 6.45) is 2.81. The lowest BCUT2D eigenvalue weighted by Gasteiger charge is -2.12. The largest absolute Gasteiger partial charge is 0.494 e. The summed E-state index contributed by atoms with van der Waals surface area (Å²) >= 11 is 0. The topological polar surface area (TPSA) is 79.5 Å². The zero-order valence-electron chi connectivity index (χ0n) is 19.8. The van der Waals surface area contributed by atoms with Gasteiger partial charge in [0.1, 0.15) is 5.75 Å². The van der Waals surface area contributed by atoms with E-state index >= 15 is 0 Å². The Morgan fingerprint density at radius 3 is 2.24 bits per heavy atom. The Hall–Kier alpha value is -3.80. The summed E-state index contributed by atoms with van der Waals surface area (Å²) in [7, 11) is 0. The van der Waals surface area contributed by atoms with E-state index in [1.807, 2.05) is 56.3 Å². The Morgan fingerprint density at radius 2 is 1.56 bits per heavy atom. The van der Waals surface area contributed by atoms with E-state index in [1.165, 1.54) is 5.56 Å². The Labute approximate surface area is 201 Å². The average Bonchev–Trinajstić information content (AvgIpc) is 2.87. The number of aryl methyl sites for hydroxylation is 1. The van der Waals surface area contributed by atoms with Crippen molar-refractivity contribution in [3.05, 3.63) is 90.0 Å². The van der Waals surface area contributed by atoms with E-state index in [0.29, 0.717) is 17.9 Å². The van der Waals surface area contributed by atoms with Crippen LogP contribution in [0.25, 0.3) is 0 Å². The van der Waals surface area contributed by atoms with Crippen molar-refractivity contribution in [2.45, 2.75) is 39.2 Å². The minimum atomic E-state index is -0.168. The number of carbonyl (C=O) groups is 2. The van der Waals surface area contributed by atoms with Gasteiger partial charge in [-0.15, -0.1) is 0 Å². The van der Waals surface area contributed by atoms with Crippen LogP contribution < -0.4 is 20.7 Å². The van der Waals surface area contributed by atoms with Crippen LogP contribution in [0.4, 0.5) is 11.4 Å². The fourth-order valence-corrected chi connectivity index (χ4v) is 3.28. The maximum absolute atomic E-state index is 12.3. The third kappa shape index (κ3) is 8.28. The van der Waals surface area contributed by atoms with Gasteiger partial charge in [0.2, 0.25) is 5.91 Å². The number of hydrogen-bond acceptors (Lipinski definition) is 4. The summed E-state index contributed by atoms with van der Waals surface area (Å²) in [5.74, 6) is 0.524. The molecule has 0 aliphatic rings. The quantitative estimate of drug-likeness (QED) is 0.322. The van der Waals surface area contributed by atoms with Crippen molar-refractivity contribution in [2.24, 2.45) is 0 Å². The van der Waals surface area contributed by atoms with Crippen LogP contribution in [0.5, 0.6) is 5.75 Å². The normalized spacial score (nSPS) is 11.4. The Morgan fingerprint density at radius 1 is 0.882 bits per heavy atom. The third-order valence-electron chi connectivity index (χ3n) is 5.45. The van der Waals surface area contributed by atoms with Crippen LogP contribution in [-0.2, 0) is 11.2 Å². The molecule has 0 radical (unpaired) electrons. The number of amides is 2. The average molecular weight is 460 g/mol. The molecule has 178 valence electrons. The minimum absolute atomic E-state index is 0.113. The zero-order valence-corrected chi connectivity index (χ0v) is 19.8. The summed E-state index contributed by atoms with van der Waals surface area (Å²) in [5.41, 5.74) is 3.36. The number of hydrogen-bond donors (Lipinski definition) is 3. The van der Waals surface area contributed by atoms with Crippen LogP contribution in [0.3, 0.4) is 0 Å². The molecule has 0 aliphatic carbocycles. The Kier molecular flexibility index (Phi) is 9.52. The van der Waals surface area contributed by atoms with E-state index in [9.17, 15) is 9.59 Å². The monoisotopic (exact) mass is 459 g/mol. The van der Waals surface area contributed by atoms with Crippen molar-refractivity contribution < 1.29 is 14.3 Å². The van der Waals surface area contributed by atoms with Gasteiger partial charge in [0.25, 0.3) is 5.91 Å². The van der Waals surface area contributed by atoms with Gasteiger partial charge in [-0.2, -0.15) is 0 Å². The van der Waals surface area contributed by atoms with Crippen molar-refractivity contribution in [1.82, 2.24) is 5.32 Å². The van der Waals surface area contributed by atoms with Gasteiger partial charge in [0, 0.05) is 23.0 Å². The van der Waals surface area contributed by atoms with Gasteiger partial charge < -0.3 is 20.7 Å². The molecule has 6 nitrogen and oxygen atoms in total. The van der Waals surface area contributed by atoms with Gasteiger partial charge >= 0.3 is 0 Å². The van der Waals surface area contributed by atoms with Gasteiger partial charge in [-0.05, 0) is 80.3 Å². The zero-order chi connectivity index (χ0) is 24.2. The smallest absolute Gasteiger partial charge is 0.251 e. The molecule has 3 rings (SSSR count). The van der Waals surface area contributed by atoms with Crippen LogP contribution >= 0.6 is 0 Å². The summed E-state index contributed by atoms with van der Waals surface area (Å²) in [4.78, 5) is 24.4. The second kappa shape index (κ2) is 13.0. The highest BCUT2D eigenvalue weighted by molar-refractivity contribution is 5.96. The third-order valence-corrected chi connectivity index (χ3v) is 5.45. The molecule has 3 aromatic rings. The van der Waals surface area contributed by atoms with Crippen LogP contribution in [0.2, 0.25) is 0 Å². The van der Waals surface area contributed by atoms with Gasteiger partial charge in [0.15, 0.2) is 0 Å². The first-order chi connectivity index (χ1) is 16.5. The highest BCUT2D eigenvalue weighted by Crippen LogP contribution is 2.16. The van der Waals surface area contributed by atoms with Crippen LogP contribution in [0.1, 0.15) is 42.6 Å². The van der Waals surface area contributed by atoms with Gasteiger partial charge in [-0.25, -0.2) is 0 Å². The summed E-state index contributed by atoms with van der Waals surface area (Å²) < 4.78 is 5.81. The molecule has 0 bridgehead atoms. The number of anilines is 2. The van der Waals surface area contributed by atoms with Gasteiger partial charge in [-0.3, -0.25) is 9.59 Å². The Balaban J connectivity index is 1.37. The number of carbonyl (C=O) groups excluding carboxylic acids is 2. The van der Waals surface area contributed by atoms with E-state index < -0.39 is 0 Å². The van der Waals surface area contributed by atoms with E-state index in [-0.39, 0.29) is 24.4 Å². The first-order valence-electron chi connectivity index (χ1n) is 11.7. The molecule has 6 heteroatoms. The van der Waals surface area contributed by atoms with Gasteiger partial charge in [-0.1, -0.05) is 37.3 Å². The molecular formula is C28H33N3O3. The first kappa shape index (κ1) is 24.8. The molecule has 1 atom stereocenters. The summed E-state index contributed by atoms with van der Waals surface area (Å²) in [6, 6.07) is 24.9. The fraction of sp³-hybridized carbons (Fsp3) is 0.286. The molecule has 0 heterocycles. The molecule has 3 aromatic carbocycles. The van der Waals surface area contributed by atoms with Crippen molar-refractivity contribution in [3.8, 4) is 5.75 Å². The van der Waals surface area contributed by atoms with E-state index in [4.69, 9.17) is 4.74 Å². The molecule has 1 unspecified atom stereocenters. The van der Waals surface area contributed by atoms with Gasteiger partial charge in [0.05, 0.1) is 13.2 Å². The van der Waals surface area contributed by atoms with Crippen molar-refractivity contribution in [3.63, 3.8) is 0 Å². The van der Waals surface area contributed by atoms with E-state index in [0.717, 1.165) is 30.7 Å². The van der Waals surface area contributed by atoms with Crippen molar-refractivity contribution in [2.75, 3.05) is 23.8 Å². The number of rotatable bonds is 12. The predicted octanol–water partition coefficient (Wildman–Crippen LogP) is 5.28. The van der Waals surface area contributed by atoms with Crippen molar-refractivity contribution in [1.29, 1.82) is 0 Å². The molecule has 0 fully saturated rings. The Bertz CT molecular complexity index is 1030. The molecule has 2 amide bonds.